The van der Waals surface area contributed by atoms with E-state index in [1.807, 2.05) is 0 Å². The lowest BCUT2D eigenvalue weighted by Crippen LogP contribution is -2.38. The summed E-state index contributed by atoms with van der Waals surface area (Å²) in [5.41, 5.74) is 0.628. The fraction of sp³-hybridized carbons (Fsp3) is 0.385. The zero-order valence-corrected chi connectivity index (χ0v) is 12.4. The van der Waals surface area contributed by atoms with E-state index in [2.05, 4.69) is 25.9 Å². The minimum atomic E-state index is -0.599. The molecule has 1 atom stereocenters. The molecule has 0 aromatic heterocycles. The van der Waals surface area contributed by atoms with Crippen molar-refractivity contribution in [1.82, 2.24) is 4.90 Å². The van der Waals surface area contributed by atoms with Crippen LogP contribution in [-0.2, 0) is 4.84 Å². The molecule has 1 saturated heterocycles. The average molecular weight is 345 g/mol. The molecule has 1 heterocycles. The highest BCUT2D eigenvalue weighted by atomic mass is 79.9. The van der Waals surface area contributed by atoms with Crippen molar-refractivity contribution >= 4 is 27.5 Å². The molecule has 2 rings (SSSR count). The van der Waals surface area contributed by atoms with Gasteiger partial charge in [-0.3, -0.25) is 4.79 Å². The molecule has 1 N–H and O–H groups in total. The van der Waals surface area contributed by atoms with E-state index >= 15 is 0 Å². The number of aliphatic hydroxyl groups is 1. The van der Waals surface area contributed by atoms with E-state index in [1.165, 1.54) is 24.1 Å². The van der Waals surface area contributed by atoms with E-state index in [1.54, 1.807) is 6.07 Å². The topological polar surface area (TPSA) is 62.1 Å². The van der Waals surface area contributed by atoms with Gasteiger partial charge in [-0.05, 0) is 18.2 Å². The summed E-state index contributed by atoms with van der Waals surface area (Å²) >= 11 is 3.14. The molecule has 0 unspecified atom stereocenters. The van der Waals surface area contributed by atoms with Gasteiger partial charge in [-0.2, -0.15) is 0 Å². The maximum absolute atomic E-state index is 13.8. The monoisotopic (exact) mass is 344 g/mol. The SMILES string of the molecule is CON=C1C[C@@H](CO)N(C(=O)c2ccc(Br)cc2F)C1. The van der Waals surface area contributed by atoms with Crippen molar-refractivity contribution in [3.63, 3.8) is 0 Å². The van der Waals surface area contributed by atoms with Crippen LogP contribution in [0.3, 0.4) is 0 Å². The Kier molecular flexibility index (Phi) is 4.72. The Bertz CT molecular complexity index is 550. The minimum Gasteiger partial charge on any atom is -0.399 e. The largest absolute Gasteiger partial charge is 0.399 e. The van der Waals surface area contributed by atoms with Crippen LogP contribution in [0.5, 0.6) is 0 Å². The van der Waals surface area contributed by atoms with Crippen molar-refractivity contribution in [2.75, 3.05) is 20.3 Å². The molecule has 1 amide bonds. The maximum atomic E-state index is 13.8. The smallest absolute Gasteiger partial charge is 0.257 e. The lowest BCUT2D eigenvalue weighted by atomic mass is 10.1. The predicted octanol–water partition coefficient (Wildman–Crippen LogP) is 1.80. The van der Waals surface area contributed by atoms with Crippen LogP contribution in [-0.4, -0.2) is 47.9 Å². The first-order valence-corrected chi connectivity index (χ1v) is 6.82. The Hall–Kier alpha value is -1.47. The summed E-state index contributed by atoms with van der Waals surface area (Å²) in [6.45, 7) is 0.0278. The summed E-state index contributed by atoms with van der Waals surface area (Å²) in [6.07, 6.45) is 0.425. The molecule has 0 aliphatic carbocycles. The number of halogens is 2. The predicted molar refractivity (Wildman–Crippen MR) is 75.1 cm³/mol. The number of oxime groups is 1. The Morgan fingerprint density at radius 1 is 1.65 bits per heavy atom. The summed E-state index contributed by atoms with van der Waals surface area (Å²) in [5.74, 6) is -1.06. The van der Waals surface area contributed by atoms with Crippen LogP contribution in [0, 0.1) is 5.82 Å². The normalized spacial score (nSPS) is 20.5. The number of carbonyl (C=O) groups is 1. The Morgan fingerprint density at radius 3 is 3.00 bits per heavy atom. The summed E-state index contributed by atoms with van der Waals surface area (Å²) in [7, 11) is 1.42. The van der Waals surface area contributed by atoms with Gasteiger partial charge in [0.05, 0.1) is 30.5 Å². The molecule has 1 aliphatic rings. The zero-order valence-electron chi connectivity index (χ0n) is 10.8. The standard InChI is InChI=1S/C13H14BrFN2O3/c1-20-16-9-5-10(7-18)17(6-9)13(19)11-3-2-8(14)4-12(11)15/h2-4,10,18H,5-7H2,1H3/t10-/m0/s1. The number of rotatable bonds is 3. The molecular weight excluding hydrogens is 331 g/mol. The van der Waals surface area contributed by atoms with Gasteiger partial charge in [0.25, 0.3) is 5.91 Å². The van der Waals surface area contributed by atoms with Gasteiger partial charge in [0.15, 0.2) is 0 Å². The second-order valence-electron chi connectivity index (χ2n) is 4.44. The van der Waals surface area contributed by atoms with Gasteiger partial charge in [0, 0.05) is 10.9 Å². The number of hydrogen-bond donors (Lipinski definition) is 1. The lowest BCUT2D eigenvalue weighted by Gasteiger charge is -2.22. The van der Waals surface area contributed by atoms with E-state index in [-0.39, 0.29) is 18.7 Å². The van der Waals surface area contributed by atoms with Crippen LogP contribution < -0.4 is 0 Å². The van der Waals surface area contributed by atoms with Crippen LogP contribution in [0.15, 0.2) is 27.8 Å². The summed E-state index contributed by atoms with van der Waals surface area (Å²) < 4.78 is 14.4. The summed E-state index contributed by atoms with van der Waals surface area (Å²) in [4.78, 5) is 18.4. The van der Waals surface area contributed by atoms with Gasteiger partial charge in [0.2, 0.25) is 0 Å². The third-order valence-electron chi connectivity index (χ3n) is 3.12. The van der Waals surface area contributed by atoms with Gasteiger partial charge >= 0.3 is 0 Å². The Labute approximate surface area is 124 Å². The lowest BCUT2D eigenvalue weighted by molar-refractivity contribution is 0.0675. The average Bonchev–Trinajstić information content (AvgIpc) is 2.81. The van der Waals surface area contributed by atoms with Crippen LogP contribution in [0.25, 0.3) is 0 Å². The molecule has 1 aliphatic heterocycles. The van der Waals surface area contributed by atoms with E-state index in [0.717, 1.165) is 0 Å². The van der Waals surface area contributed by atoms with Crippen molar-refractivity contribution in [2.24, 2.45) is 5.16 Å². The molecule has 20 heavy (non-hydrogen) atoms. The first kappa shape index (κ1) is 14.9. The fourth-order valence-corrected chi connectivity index (χ4v) is 2.52. The fourth-order valence-electron chi connectivity index (χ4n) is 2.19. The first-order chi connectivity index (χ1) is 9.56. The van der Waals surface area contributed by atoms with Crippen molar-refractivity contribution in [2.45, 2.75) is 12.5 Å². The quantitative estimate of drug-likeness (QED) is 0.850. The van der Waals surface area contributed by atoms with Gasteiger partial charge in [0.1, 0.15) is 12.9 Å². The highest BCUT2D eigenvalue weighted by Gasteiger charge is 2.34. The number of aliphatic hydroxyl groups excluding tert-OH is 1. The molecule has 1 aromatic rings. The molecule has 0 radical (unpaired) electrons. The number of hydrogen-bond acceptors (Lipinski definition) is 4. The Balaban J connectivity index is 2.25. The Morgan fingerprint density at radius 2 is 2.40 bits per heavy atom. The van der Waals surface area contributed by atoms with Crippen LogP contribution in [0.4, 0.5) is 4.39 Å². The number of likely N-dealkylation sites (tertiary alicyclic amines) is 1. The highest BCUT2D eigenvalue weighted by molar-refractivity contribution is 9.10. The number of benzene rings is 1. The van der Waals surface area contributed by atoms with E-state index in [0.29, 0.717) is 16.6 Å². The molecule has 0 saturated carbocycles. The molecule has 5 nitrogen and oxygen atoms in total. The molecule has 0 bridgehead atoms. The molecular formula is C13H14BrFN2O3. The second-order valence-corrected chi connectivity index (χ2v) is 5.35. The zero-order chi connectivity index (χ0) is 14.7. The van der Waals surface area contributed by atoms with E-state index in [9.17, 15) is 14.3 Å². The summed E-state index contributed by atoms with van der Waals surface area (Å²) in [5, 5.41) is 13.1. The van der Waals surface area contributed by atoms with Crippen molar-refractivity contribution in [1.29, 1.82) is 0 Å². The van der Waals surface area contributed by atoms with Crippen LogP contribution in [0.1, 0.15) is 16.8 Å². The van der Waals surface area contributed by atoms with Gasteiger partial charge in [-0.25, -0.2) is 4.39 Å². The third-order valence-corrected chi connectivity index (χ3v) is 3.61. The van der Waals surface area contributed by atoms with E-state index < -0.39 is 17.8 Å². The highest BCUT2D eigenvalue weighted by Crippen LogP contribution is 2.22. The first-order valence-electron chi connectivity index (χ1n) is 6.02. The summed E-state index contributed by atoms with van der Waals surface area (Å²) in [6, 6.07) is 3.85. The van der Waals surface area contributed by atoms with Gasteiger partial charge in [-0.1, -0.05) is 21.1 Å². The maximum Gasteiger partial charge on any atom is 0.257 e. The molecule has 108 valence electrons. The molecule has 1 aromatic carbocycles. The third kappa shape index (κ3) is 2.99. The second kappa shape index (κ2) is 6.32. The minimum absolute atomic E-state index is 0.0229. The van der Waals surface area contributed by atoms with E-state index in [4.69, 9.17) is 0 Å². The van der Waals surface area contributed by atoms with Crippen molar-refractivity contribution in [3.8, 4) is 0 Å². The van der Waals surface area contributed by atoms with Crippen molar-refractivity contribution in [3.05, 3.63) is 34.1 Å². The van der Waals surface area contributed by atoms with Crippen molar-refractivity contribution < 1.29 is 19.1 Å². The number of carbonyl (C=O) groups excluding carboxylic acids is 1. The van der Waals surface area contributed by atoms with Gasteiger partial charge < -0.3 is 14.8 Å². The molecule has 0 spiro atoms. The molecule has 7 heteroatoms. The number of amides is 1. The van der Waals surface area contributed by atoms with Gasteiger partial charge in [-0.15, -0.1) is 0 Å². The molecule has 1 fully saturated rings. The van der Waals surface area contributed by atoms with Crippen LogP contribution >= 0.6 is 15.9 Å². The number of nitrogens with zero attached hydrogens (tertiary/aromatic N) is 2. The van der Waals surface area contributed by atoms with Crippen LogP contribution in [0.2, 0.25) is 0 Å².